The molecule has 1 saturated heterocycles. The Morgan fingerprint density at radius 2 is 1.65 bits per heavy atom. The summed E-state index contributed by atoms with van der Waals surface area (Å²) in [4.78, 5) is 0. The van der Waals surface area contributed by atoms with Crippen LogP contribution in [0.4, 0.5) is 0 Å². The van der Waals surface area contributed by atoms with Crippen LogP contribution in [0.2, 0.25) is 0 Å². The van der Waals surface area contributed by atoms with E-state index in [2.05, 4.69) is 6.58 Å². The van der Waals surface area contributed by atoms with Crippen LogP contribution in [0.1, 0.15) is 89.0 Å². The molecule has 1 unspecified atom stereocenters. The van der Waals surface area contributed by atoms with Gasteiger partial charge in [-0.05, 0) is 37.7 Å². The van der Waals surface area contributed by atoms with E-state index >= 15 is 0 Å². The highest BCUT2D eigenvalue weighted by atomic mass is 16.7. The minimum Gasteiger partial charge on any atom is -0.390 e. The number of aliphatic hydroxyl groups excluding tert-OH is 1. The summed E-state index contributed by atoms with van der Waals surface area (Å²) in [6, 6.07) is 10.1. The van der Waals surface area contributed by atoms with Crippen molar-refractivity contribution in [2.75, 3.05) is 13.2 Å². The Labute approximate surface area is 190 Å². The topological polar surface area (TPSA) is 47.9 Å². The molecule has 1 aliphatic heterocycles. The van der Waals surface area contributed by atoms with Crippen molar-refractivity contribution in [2.24, 2.45) is 0 Å². The van der Waals surface area contributed by atoms with Crippen molar-refractivity contribution < 1.29 is 19.3 Å². The van der Waals surface area contributed by atoms with Gasteiger partial charge in [-0.3, -0.25) is 0 Å². The van der Waals surface area contributed by atoms with Crippen molar-refractivity contribution in [3.05, 3.63) is 48.6 Å². The van der Waals surface area contributed by atoms with Crippen LogP contribution in [-0.2, 0) is 20.8 Å². The standard InChI is InChI=1S/C27H44O4/c1-2-26(31-23-24-17-11-10-12-18-24)25(28)19-13-8-6-4-3-5-7-9-15-21-29-27-20-14-16-22-30-27/h2,10-12,17-18,25-28H,1,3-9,13-16,19-23H2/t25-,26+,27?/m1/s1. The first-order valence-corrected chi connectivity index (χ1v) is 12.5. The van der Waals surface area contributed by atoms with Gasteiger partial charge in [0, 0.05) is 13.2 Å². The molecule has 0 aromatic heterocycles. The number of benzene rings is 1. The summed E-state index contributed by atoms with van der Waals surface area (Å²) in [6.07, 6.45) is 16.3. The first kappa shape index (κ1) is 26.1. The molecule has 0 radical (unpaired) electrons. The maximum absolute atomic E-state index is 10.4. The second kappa shape index (κ2) is 17.4. The van der Waals surface area contributed by atoms with Gasteiger partial charge in [-0.15, -0.1) is 6.58 Å². The summed E-state index contributed by atoms with van der Waals surface area (Å²) >= 11 is 0. The van der Waals surface area contributed by atoms with Crippen molar-refractivity contribution in [3.63, 3.8) is 0 Å². The third-order valence-electron chi connectivity index (χ3n) is 5.98. The average molecular weight is 433 g/mol. The smallest absolute Gasteiger partial charge is 0.157 e. The van der Waals surface area contributed by atoms with E-state index in [0.717, 1.165) is 44.5 Å². The molecule has 1 aliphatic rings. The van der Waals surface area contributed by atoms with E-state index in [0.29, 0.717) is 6.61 Å². The van der Waals surface area contributed by atoms with E-state index in [1.54, 1.807) is 6.08 Å². The molecule has 4 nitrogen and oxygen atoms in total. The highest BCUT2D eigenvalue weighted by molar-refractivity contribution is 5.13. The summed E-state index contributed by atoms with van der Waals surface area (Å²) in [5.41, 5.74) is 1.12. The van der Waals surface area contributed by atoms with E-state index in [9.17, 15) is 5.11 Å². The van der Waals surface area contributed by atoms with Crippen LogP contribution in [0.15, 0.2) is 43.0 Å². The number of aliphatic hydroxyl groups is 1. The van der Waals surface area contributed by atoms with Crippen molar-refractivity contribution in [1.29, 1.82) is 0 Å². The van der Waals surface area contributed by atoms with Crippen molar-refractivity contribution in [1.82, 2.24) is 0 Å². The molecule has 0 saturated carbocycles. The first-order valence-electron chi connectivity index (χ1n) is 12.5. The lowest BCUT2D eigenvalue weighted by Crippen LogP contribution is -2.26. The van der Waals surface area contributed by atoms with Gasteiger partial charge in [-0.25, -0.2) is 0 Å². The summed E-state index contributed by atoms with van der Waals surface area (Å²) in [7, 11) is 0. The number of unbranched alkanes of at least 4 members (excludes halogenated alkanes) is 8. The molecule has 0 aliphatic carbocycles. The number of hydrogen-bond acceptors (Lipinski definition) is 4. The van der Waals surface area contributed by atoms with Crippen LogP contribution in [0.5, 0.6) is 0 Å². The Morgan fingerprint density at radius 1 is 0.968 bits per heavy atom. The molecule has 1 aromatic carbocycles. The predicted molar refractivity (Wildman–Crippen MR) is 127 cm³/mol. The third kappa shape index (κ3) is 12.4. The normalized spacial score (nSPS) is 18.5. The second-order valence-electron chi connectivity index (χ2n) is 8.70. The zero-order chi connectivity index (χ0) is 22.0. The van der Waals surface area contributed by atoms with Gasteiger partial charge in [-0.1, -0.05) is 87.8 Å². The molecule has 0 spiro atoms. The van der Waals surface area contributed by atoms with Crippen LogP contribution < -0.4 is 0 Å². The van der Waals surface area contributed by atoms with Gasteiger partial charge in [0.25, 0.3) is 0 Å². The SMILES string of the molecule is C=C[C@H](OCc1ccccc1)[C@H](O)CCCCCCCCCCCOC1CCCCO1. The van der Waals surface area contributed by atoms with Crippen LogP contribution in [0.3, 0.4) is 0 Å². The molecule has 31 heavy (non-hydrogen) atoms. The van der Waals surface area contributed by atoms with Gasteiger partial charge < -0.3 is 19.3 Å². The van der Waals surface area contributed by atoms with Crippen LogP contribution in [0, 0.1) is 0 Å². The Balaban J connectivity index is 1.36. The Hall–Kier alpha value is -1.20. The predicted octanol–water partition coefficient (Wildman–Crippen LogP) is 6.56. The van der Waals surface area contributed by atoms with Crippen molar-refractivity contribution in [3.8, 4) is 0 Å². The fourth-order valence-corrected chi connectivity index (χ4v) is 4.02. The molecule has 1 N–H and O–H groups in total. The highest BCUT2D eigenvalue weighted by Crippen LogP contribution is 2.16. The van der Waals surface area contributed by atoms with Gasteiger partial charge in [0.05, 0.1) is 12.7 Å². The maximum Gasteiger partial charge on any atom is 0.157 e. The van der Waals surface area contributed by atoms with Crippen LogP contribution >= 0.6 is 0 Å². The first-order chi connectivity index (χ1) is 15.3. The number of ether oxygens (including phenoxy) is 3. The molecular formula is C27H44O4. The average Bonchev–Trinajstić information content (AvgIpc) is 2.81. The quantitative estimate of drug-likeness (QED) is 0.211. The zero-order valence-electron chi connectivity index (χ0n) is 19.4. The summed E-state index contributed by atoms with van der Waals surface area (Å²) < 4.78 is 17.2. The molecule has 1 heterocycles. The molecule has 176 valence electrons. The van der Waals surface area contributed by atoms with Gasteiger partial charge in [-0.2, -0.15) is 0 Å². The second-order valence-corrected chi connectivity index (χ2v) is 8.70. The molecular weight excluding hydrogens is 388 g/mol. The lowest BCUT2D eigenvalue weighted by molar-refractivity contribution is -0.162. The lowest BCUT2D eigenvalue weighted by atomic mass is 10.0. The molecule has 0 bridgehead atoms. The van der Waals surface area contributed by atoms with E-state index in [1.807, 2.05) is 30.3 Å². The summed E-state index contributed by atoms with van der Waals surface area (Å²) in [5.74, 6) is 0. The highest BCUT2D eigenvalue weighted by Gasteiger charge is 2.16. The van der Waals surface area contributed by atoms with E-state index in [-0.39, 0.29) is 12.4 Å². The van der Waals surface area contributed by atoms with Crippen LogP contribution in [-0.4, -0.2) is 36.8 Å². The minimum atomic E-state index is -0.470. The van der Waals surface area contributed by atoms with E-state index in [1.165, 1.54) is 57.8 Å². The fraction of sp³-hybridized carbons (Fsp3) is 0.704. The van der Waals surface area contributed by atoms with Gasteiger partial charge in [0.15, 0.2) is 6.29 Å². The Bertz CT molecular complexity index is 541. The maximum atomic E-state index is 10.4. The molecule has 2 rings (SSSR count). The summed E-state index contributed by atoms with van der Waals surface area (Å²) in [5, 5.41) is 10.4. The largest absolute Gasteiger partial charge is 0.390 e. The molecule has 0 amide bonds. The number of rotatable bonds is 18. The molecule has 3 atom stereocenters. The fourth-order valence-electron chi connectivity index (χ4n) is 4.02. The zero-order valence-corrected chi connectivity index (χ0v) is 19.4. The van der Waals surface area contributed by atoms with Gasteiger partial charge in [0.2, 0.25) is 0 Å². The Kier molecular flexibility index (Phi) is 14.6. The molecule has 4 heteroatoms. The Morgan fingerprint density at radius 3 is 2.29 bits per heavy atom. The summed E-state index contributed by atoms with van der Waals surface area (Å²) in [6.45, 7) is 6.04. The molecule has 1 aromatic rings. The molecule has 1 fully saturated rings. The third-order valence-corrected chi connectivity index (χ3v) is 5.98. The monoisotopic (exact) mass is 432 g/mol. The lowest BCUT2D eigenvalue weighted by Gasteiger charge is -2.22. The number of hydrogen-bond donors (Lipinski definition) is 1. The van der Waals surface area contributed by atoms with Crippen molar-refractivity contribution in [2.45, 2.75) is 109 Å². The van der Waals surface area contributed by atoms with Crippen molar-refractivity contribution >= 4 is 0 Å². The van der Waals surface area contributed by atoms with Crippen LogP contribution in [0.25, 0.3) is 0 Å². The van der Waals surface area contributed by atoms with Gasteiger partial charge >= 0.3 is 0 Å². The van der Waals surface area contributed by atoms with Gasteiger partial charge in [0.1, 0.15) is 6.10 Å². The van der Waals surface area contributed by atoms with E-state index in [4.69, 9.17) is 14.2 Å². The minimum absolute atomic E-state index is 0.0597. The van der Waals surface area contributed by atoms with E-state index < -0.39 is 6.10 Å².